The van der Waals surface area contributed by atoms with E-state index in [2.05, 4.69) is 23.6 Å². The molecule has 2 aromatic heterocycles. The van der Waals surface area contributed by atoms with Crippen molar-refractivity contribution in [1.29, 1.82) is 0 Å². The predicted molar refractivity (Wildman–Crippen MR) is 112 cm³/mol. The van der Waals surface area contributed by atoms with E-state index in [9.17, 15) is 10.1 Å². The van der Waals surface area contributed by atoms with E-state index in [0.29, 0.717) is 6.54 Å². The molecular weight excluding hydrogens is 380 g/mol. The van der Waals surface area contributed by atoms with Gasteiger partial charge >= 0.3 is 0 Å². The van der Waals surface area contributed by atoms with Gasteiger partial charge in [0, 0.05) is 32.8 Å². The third-order valence-electron chi connectivity index (χ3n) is 3.61. The van der Waals surface area contributed by atoms with Crippen molar-refractivity contribution >= 4 is 34.6 Å². The molecule has 0 amide bonds. The van der Waals surface area contributed by atoms with Gasteiger partial charge in [0.2, 0.25) is 4.80 Å². The maximum absolute atomic E-state index is 10.9. The zero-order valence-corrected chi connectivity index (χ0v) is 16.6. The number of nitrogens with zero attached hydrogens (tertiary/aromatic N) is 4. The average molecular weight is 399 g/mol. The van der Waals surface area contributed by atoms with Crippen LogP contribution >= 0.6 is 22.7 Å². The smallest absolute Gasteiger partial charge is 0.258 e. The van der Waals surface area contributed by atoms with Gasteiger partial charge in [0.25, 0.3) is 5.69 Å². The SMILES string of the molecule is C=C(C)CN=c1scc(-c2ccc([N+](=O)[O-])cc2)n1N=Cc1ccc(C)s1. The molecule has 2 heterocycles. The molecule has 0 radical (unpaired) electrons. The fraction of sp³-hybridized carbons (Fsp3) is 0.158. The number of nitro benzene ring substituents is 1. The number of aryl methyl sites for hydroxylation is 1. The summed E-state index contributed by atoms with van der Waals surface area (Å²) in [5.74, 6) is 0. The number of thiophene rings is 1. The number of benzene rings is 1. The normalized spacial score (nSPS) is 12.0. The summed E-state index contributed by atoms with van der Waals surface area (Å²) in [6, 6.07) is 10.5. The van der Waals surface area contributed by atoms with E-state index < -0.39 is 4.92 Å². The van der Waals surface area contributed by atoms with E-state index in [1.807, 2.05) is 24.4 Å². The lowest BCUT2D eigenvalue weighted by Crippen LogP contribution is -2.12. The Labute approximate surface area is 164 Å². The minimum absolute atomic E-state index is 0.0604. The van der Waals surface area contributed by atoms with Crippen molar-refractivity contribution in [2.45, 2.75) is 13.8 Å². The van der Waals surface area contributed by atoms with Gasteiger partial charge in [0.1, 0.15) is 0 Å². The van der Waals surface area contributed by atoms with Gasteiger partial charge < -0.3 is 0 Å². The first kappa shape index (κ1) is 18.9. The summed E-state index contributed by atoms with van der Waals surface area (Å²) >= 11 is 3.14. The minimum Gasteiger partial charge on any atom is -0.258 e. The highest BCUT2D eigenvalue weighted by Gasteiger charge is 2.10. The number of thiazole rings is 1. The van der Waals surface area contributed by atoms with Gasteiger partial charge in [-0.15, -0.1) is 22.7 Å². The number of aromatic nitrogens is 1. The Balaban J connectivity index is 2.05. The van der Waals surface area contributed by atoms with E-state index >= 15 is 0 Å². The van der Waals surface area contributed by atoms with Crippen LogP contribution in [0.25, 0.3) is 11.3 Å². The number of hydrogen-bond donors (Lipinski definition) is 0. The molecule has 8 heteroatoms. The van der Waals surface area contributed by atoms with E-state index in [-0.39, 0.29) is 5.69 Å². The Morgan fingerprint density at radius 1 is 1.30 bits per heavy atom. The Morgan fingerprint density at radius 2 is 2.04 bits per heavy atom. The molecule has 0 bridgehead atoms. The highest BCUT2D eigenvalue weighted by molar-refractivity contribution is 7.13. The molecule has 6 nitrogen and oxygen atoms in total. The molecule has 138 valence electrons. The van der Waals surface area contributed by atoms with Crippen LogP contribution in [0.5, 0.6) is 0 Å². The first-order valence-corrected chi connectivity index (χ1v) is 9.84. The van der Waals surface area contributed by atoms with Crippen molar-refractivity contribution in [2.75, 3.05) is 6.54 Å². The van der Waals surface area contributed by atoms with Gasteiger partial charge in [-0.2, -0.15) is 5.10 Å². The standard InChI is InChI=1S/C19H18N4O2S2/c1-13(2)10-20-19-22(21-11-17-9-4-14(3)27-17)18(12-26-19)15-5-7-16(8-6-15)23(24)25/h4-9,11-12H,1,10H2,2-3H3. The Morgan fingerprint density at radius 3 is 2.63 bits per heavy atom. The predicted octanol–water partition coefficient (Wildman–Crippen LogP) is 4.85. The molecule has 27 heavy (non-hydrogen) atoms. The molecular formula is C19H18N4O2S2. The molecule has 1 aromatic carbocycles. The molecule has 0 fully saturated rings. The van der Waals surface area contributed by atoms with Gasteiger partial charge in [-0.05, 0) is 38.1 Å². The second-order valence-corrected chi connectivity index (χ2v) is 8.14. The topological polar surface area (TPSA) is 72.8 Å². The van der Waals surface area contributed by atoms with Crippen LogP contribution in [0.4, 0.5) is 5.69 Å². The molecule has 0 atom stereocenters. The summed E-state index contributed by atoms with van der Waals surface area (Å²) < 4.78 is 1.77. The molecule has 0 aliphatic heterocycles. The van der Waals surface area contributed by atoms with Crippen LogP contribution in [0.15, 0.2) is 64.0 Å². The Bertz CT molecular complexity index is 1070. The van der Waals surface area contributed by atoms with Crippen molar-refractivity contribution in [2.24, 2.45) is 10.1 Å². The summed E-state index contributed by atoms with van der Waals surface area (Å²) in [6.45, 7) is 8.39. The number of hydrogen-bond acceptors (Lipinski definition) is 6. The lowest BCUT2D eigenvalue weighted by Gasteiger charge is -2.03. The summed E-state index contributed by atoms with van der Waals surface area (Å²) in [5.41, 5.74) is 2.70. The molecule has 3 aromatic rings. The van der Waals surface area contributed by atoms with Gasteiger partial charge in [-0.3, -0.25) is 15.1 Å². The fourth-order valence-electron chi connectivity index (χ4n) is 2.31. The maximum atomic E-state index is 10.9. The first-order valence-electron chi connectivity index (χ1n) is 8.15. The molecule has 0 aliphatic rings. The summed E-state index contributed by atoms with van der Waals surface area (Å²) in [7, 11) is 0. The molecule has 0 unspecified atom stereocenters. The van der Waals surface area contributed by atoms with Crippen LogP contribution < -0.4 is 4.80 Å². The van der Waals surface area contributed by atoms with E-state index in [0.717, 1.165) is 26.5 Å². The van der Waals surface area contributed by atoms with Crippen molar-refractivity contribution < 1.29 is 4.92 Å². The summed E-state index contributed by atoms with van der Waals surface area (Å²) in [6.07, 6.45) is 1.80. The van der Waals surface area contributed by atoms with Crippen LogP contribution in [-0.2, 0) is 0 Å². The van der Waals surface area contributed by atoms with Crippen LogP contribution in [0, 0.1) is 17.0 Å². The Hall–Kier alpha value is -2.84. The Kier molecular flexibility index (Phi) is 5.78. The lowest BCUT2D eigenvalue weighted by molar-refractivity contribution is -0.384. The van der Waals surface area contributed by atoms with Crippen molar-refractivity contribution in [1.82, 2.24) is 4.68 Å². The second kappa shape index (κ2) is 8.24. The lowest BCUT2D eigenvalue weighted by atomic mass is 10.1. The van der Waals surface area contributed by atoms with E-state index in [4.69, 9.17) is 0 Å². The third-order valence-corrected chi connectivity index (χ3v) is 5.39. The van der Waals surface area contributed by atoms with Crippen LogP contribution in [0.2, 0.25) is 0 Å². The molecule has 0 spiro atoms. The van der Waals surface area contributed by atoms with Crippen LogP contribution in [0.3, 0.4) is 0 Å². The molecule has 0 aliphatic carbocycles. The zero-order valence-electron chi connectivity index (χ0n) is 15.0. The quantitative estimate of drug-likeness (QED) is 0.258. The van der Waals surface area contributed by atoms with Crippen LogP contribution in [-0.4, -0.2) is 22.4 Å². The largest absolute Gasteiger partial charge is 0.269 e. The van der Waals surface area contributed by atoms with Gasteiger partial charge in [0.15, 0.2) is 0 Å². The third kappa shape index (κ3) is 4.66. The van der Waals surface area contributed by atoms with Crippen molar-refractivity contribution in [3.63, 3.8) is 0 Å². The maximum Gasteiger partial charge on any atom is 0.269 e. The minimum atomic E-state index is -0.406. The van der Waals surface area contributed by atoms with Crippen LogP contribution in [0.1, 0.15) is 16.7 Å². The summed E-state index contributed by atoms with van der Waals surface area (Å²) in [4.78, 5) is 18.1. The number of nitro groups is 1. The fourth-order valence-corrected chi connectivity index (χ4v) is 3.89. The molecule has 0 N–H and O–H groups in total. The molecule has 0 saturated carbocycles. The van der Waals surface area contributed by atoms with E-state index in [1.54, 1.807) is 34.4 Å². The molecule has 0 saturated heterocycles. The zero-order chi connectivity index (χ0) is 19.4. The number of non-ortho nitro benzene ring substituents is 1. The highest BCUT2D eigenvalue weighted by atomic mass is 32.1. The molecule has 3 rings (SSSR count). The summed E-state index contributed by atoms with van der Waals surface area (Å²) in [5, 5.41) is 17.5. The second-order valence-electron chi connectivity index (χ2n) is 5.99. The highest BCUT2D eigenvalue weighted by Crippen LogP contribution is 2.23. The monoisotopic (exact) mass is 398 g/mol. The van der Waals surface area contributed by atoms with E-state index in [1.165, 1.54) is 28.3 Å². The van der Waals surface area contributed by atoms with Crippen molar-refractivity contribution in [3.8, 4) is 11.3 Å². The average Bonchev–Trinajstić information content (AvgIpc) is 3.24. The number of rotatable bonds is 6. The van der Waals surface area contributed by atoms with Gasteiger partial charge in [0.05, 0.1) is 23.4 Å². The first-order chi connectivity index (χ1) is 12.9. The van der Waals surface area contributed by atoms with Crippen molar-refractivity contribution in [3.05, 3.63) is 78.6 Å². The van der Waals surface area contributed by atoms with Gasteiger partial charge in [-0.1, -0.05) is 12.2 Å². The van der Waals surface area contributed by atoms with Gasteiger partial charge in [-0.25, -0.2) is 4.68 Å².